The van der Waals surface area contributed by atoms with Crippen molar-refractivity contribution in [3.8, 4) is 0 Å². The first kappa shape index (κ1) is 19.6. The number of benzene rings is 1. The molecule has 2 aliphatic heterocycles. The number of ether oxygens (including phenoxy) is 1. The highest BCUT2D eigenvalue weighted by atomic mass is 16.5. The lowest BCUT2D eigenvalue weighted by molar-refractivity contribution is -0.135. The standard InChI is InChI=1S/C20H30N4O3/c1-17(25)24(8-7-20(26)23-13-15-27-16-14-23)19-5-3-18(4-6-19)22-11-9-21(2)10-12-22/h3-6H,7-16H2,1-2H3. The first-order chi connectivity index (χ1) is 13.0. The van der Waals surface area contributed by atoms with Gasteiger partial charge in [0.1, 0.15) is 0 Å². The summed E-state index contributed by atoms with van der Waals surface area (Å²) in [5.41, 5.74) is 2.02. The van der Waals surface area contributed by atoms with E-state index in [1.165, 1.54) is 5.69 Å². The molecular weight excluding hydrogens is 344 g/mol. The Morgan fingerprint density at radius 1 is 1.00 bits per heavy atom. The minimum atomic E-state index is -0.0443. The van der Waals surface area contributed by atoms with Gasteiger partial charge >= 0.3 is 0 Å². The zero-order valence-electron chi connectivity index (χ0n) is 16.4. The van der Waals surface area contributed by atoms with Gasteiger partial charge in [-0.05, 0) is 31.3 Å². The number of piperazine rings is 1. The molecule has 0 radical (unpaired) electrons. The second kappa shape index (κ2) is 9.19. The fourth-order valence-corrected chi connectivity index (χ4v) is 3.55. The van der Waals surface area contributed by atoms with E-state index in [1.54, 1.807) is 11.8 Å². The van der Waals surface area contributed by atoms with E-state index in [1.807, 2.05) is 17.0 Å². The maximum Gasteiger partial charge on any atom is 0.224 e. The van der Waals surface area contributed by atoms with Crippen molar-refractivity contribution in [1.82, 2.24) is 9.80 Å². The van der Waals surface area contributed by atoms with Gasteiger partial charge in [-0.15, -0.1) is 0 Å². The summed E-state index contributed by atoms with van der Waals surface area (Å²) >= 11 is 0. The second-order valence-corrected chi connectivity index (χ2v) is 7.22. The van der Waals surface area contributed by atoms with Crippen LogP contribution in [0.4, 0.5) is 11.4 Å². The van der Waals surface area contributed by atoms with Crippen LogP contribution in [0.5, 0.6) is 0 Å². The van der Waals surface area contributed by atoms with Crippen molar-refractivity contribution in [1.29, 1.82) is 0 Å². The van der Waals surface area contributed by atoms with Gasteiger partial charge in [0.05, 0.1) is 13.2 Å². The zero-order chi connectivity index (χ0) is 19.2. The smallest absolute Gasteiger partial charge is 0.224 e. The highest BCUT2D eigenvalue weighted by Gasteiger charge is 2.20. The lowest BCUT2D eigenvalue weighted by Gasteiger charge is -2.34. The molecule has 3 rings (SSSR count). The van der Waals surface area contributed by atoms with Crippen LogP contribution in [0.25, 0.3) is 0 Å². The minimum absolute atomic E-state index is 0.0443. The Morgan fingerprint density at radius 3 is 2.22 bits per heavy atom. The van der Waals surface area contributed by atoms with Gasteiger partial charge < -0.3 is 24.3 Å². The Hall–Kier alpha value is -2.12. The van der Waals surface area contributed by atoms with Crippen molar-refractivity contribution in [3.05, 3.63) is 24.3 Å². The number of nitrogens with zero attached hydrogens (tertiary/aromatic N) is 4. The molecule has 2 heterocycles. The molecule has 2 fully saturated rings. The molecule has 1 aromatic rings. The third-order valence-electron chi connectivity index (χ3n) is 5.32. The number of anilines is 2. The fourth-order valence-electron chi connectivity index (χ4n) is 3.55. The maximum absolute atomic E-state index is 12.4. The van der Waals surface area contributed by atoms with E-state index in [4.69, 9.17) is 4.74 Å². The van der Waals surface area contributed by atoms with Crippen molar-refractivity contribution in [2.75, 3.05) is 75.9 Å². The van der Waals surface area contributed by atoms with Crippen molar-refractivity contribution in [2.24, 2.45) is 0 Å². The number of hydrogen-bond donors (Lipinski definition) is 0. The van der Waals surface area contributed by atoms with E-state index < -0.39 is 0 Å². The van der Waals surface area contributed by atoms with Crippen molar-refractivity contribution in [2.45, 2.75) is 13.3 Å². The topological polar surface area (TPSA) is 56.3 Å². The van der Waals surface area contributed by atoms with Crippen molar-refractivity contribution < 1.29 is 14.3 Å². The fraction of sp³-hybridized carbons (Fsp3) is 0.600. The van der Waals surface area contributed by atoms with Crippen molar-refractivity contribution >= 4 is 23.2 Å². The number of rotatable bonds is 5. The Balaban J connectivity index is 1.59. The highest BCUT2D eigenvalue weighted by molar-refractivity contribution is 5.92. The lowest BCUT2D eigenvalue weighted by atomic mass is 10.2. The summed E-state index contributed by atoms with van der Waals surface area (Å²) in [5, 5.41) is 0. The number of morpholine rings is 1. The molecule has 7 nitrogen and oxygen atoms in total. The molecule has 0 atom stereocenters. The minimum Gasteiger partial charge on any atom is -0.378 e. The van der Waals surface area contributed by atoms with Gasteiger partial charge in [-0.2, -0.15) is 0 Å². The van der Waals surface area contributed by atoms with Crippen LogP contribution in [-0.4, -0.2) is 87.7 Å². The zero-order valence-corrected chi connectivity index (χ0v) is 16.4. The van der Waals surface area contributed by atoms with Gasteiger partial charge in [-0.3, -0.25) is 9.59 Å². The quantitative estimate of drug-likeness (QED) is 0.771. The monoisotopic (exact) mass is 374 g/mol. The van der Waals surface area contributed by atoms with Crippen LogP contribution in [0, 0.1) is 0 Å². The van der Waals surface area contributed by atoms with Crippen LogP contribution in [-0.2, 0) is 14.3 Å². The summed E-state index contributed by atoms with van der Waals surface area (Å²) in [6.45, 7) is 8.56. The molecule has 0 bridgehead atoms. The van der Waals surface area contributed by atoms with E-state index in [0.717, 1.165) is 31.9 Å². The van der Waals surface area contributed by atoms with Crippen LogP contribution in [0.3, 0.4) is 0 Å². The van der Waals surface area contributed by atoms with Crippen LogP contribution in [0.15, 0.2) is 24.3 Å². The molecule has 27 heavy (non-hydrogen) atoms. The molecular formula is C20H30N4O3. The van der Waals surface area contributed by atoms with E-state index in [9.17, 15) is 9.59 Å². The molecule has 2 aliphatic rings. The van der Waals surface area contributed by atoms with Gasteiger partial charge in [0.25, 0.3) is 0 Å². The van der Waals surface area contributed by atoms with Gasteiger partial charge in [-0.1, -0.05) is 0 Å². The summed E-state index contributed by atoms with van der Waals surface area (Å²) in [6.07, 6.45) is 0.333. The molecule has 0 spiro atoms. The van der Waals surface area contributed by atoms with Crippen LogP contribution in [0.2, 0.25) is 0 Å². The van der Waals surface area contributed by atoms with Crippen LogP contribution in [0.1, 0.15) is 13.3 Å². The third-order valence-corrected chi connectivity index (χ3v) is 5.32. The number of carbonyl (C=O) groups excluding carboxylic acids is 2. The largest absolute Gasteiger partial charge is 0.378 e. The summed E-state index contributed by atoms with van der Waals surface area (Å²) < 4.78 is 5.29. The SMILES string of the molecule is CC(=O)N(CCC(=O)N1CCOCC1)c1ccc(N2CCN(C)CC2)cc1. The number of likely N-dealkylation sites (N-methyl/N-ethyl adjacent to an activating group) is 1. The molecule has 0 unspecified atom stereocenters. The number of amides is 2. The summed E-state index contributed by atoms with van der Waals surface area (Å²) in [5.74, 6) is 0.0377. The van der Waals surface area contributed by atoms with Crippen molar-refractivity contribution in [3.63, 3.8) is 0 Å². The number of carbonyl (C=O) groups is 2. The Morgan fingerprint density at radius 2 is 1.63 bits per heavy atom. The normalized spacial score (nSPS) is 18.4. The third kappa shape index (κ3) is 5.20. The molecule has 0 aliphatic carbocycles. The van der Waals surface area contributed by atoms with Crippen LogP contribution >= 0.6 is 0 Å². The van der Waals surface area contributed by atoms with E-state index in [0.29, 0.717) is 39.3 Å². The van der Waals surface area contributed by atoms with E-state index in [-0.39, 0.29) is 11.8 Å². The maximum atomic E-state index is 12.4. The molecule has 0 N–H and O–H groups in total. The predicted molar refractivity (Wildman–Crippen MR) is 106 cm³/mol. The van der Waals surface area contributed by atoms with Gasteiger partial charge in [-0.25, -0.2) is 0 Å². The number of hydrogen-bond acceptors (Lipinski definition) is 5. The molecule has 2 amide bonds. The second-order valence-electron chi connectivity index (χ2n) is 7.22. The molecule has 0 saturated carbocycles. The molecule has 0 aromatic heterocycles. The van der Waals surface area contributed by atoms with Crippen LogP contribution < -0.4 is 9.80 Å². The molecule has 148 valence electrons. The molecule has 1 aromatic carbocycles. The lowest BCUT2D eigenvalue weighted by Crippen LogP contribution is -2.44. The van der Waals surface area contributed by atoms with Gasteiger partial charge in [0.15, 0.2) is 0 Å². The Bertz CT molecular complexity index is 635. The van der Waals surface area contributed by atoms with Gasteiger partial charge in [0.2, 0.25) is 11.8 Å². The average molecular weight is 374 g/mol. The predicted octanol–water partition coefficient (Wildman–Crippen LogP) is 1.04. The first-order valence-electron chi connectivity index (χ1n) is 9.72. The Labute approximate surface area is 161 Å². The van der Waals surface area contributed by atoms with Gasteiger partial charge in [0, 0.05) is 70.5 Å². The van der Waals surface area contributed by atoms with E-state index in [2.05, 4.69) is 29.0 Å². The molecule has 2 saturated heterocycles. The molecule has 7 heteroatoms. The Kier molecular flexibility index (Phi) is 6.68. The average Bonchev–Trinajstić information content (AvgIpc) is 2.69. The highest BCUT2D eigenvalue weighted by Crippen LogP contribution is 2.22. The summed E-state index contributed by atoms with van der Waals surface area (Å²) in [6, 6.07) is 8.10. The first-order valence-corrected chi connectivity index (χ1v) is 9.72. The summed E-state index contributed by atoms with van der Waals surface area (Å²) in [4.78, 5) is 32.7. The summed E-state index contributed by atoms with van der Waals surface area (Å²) in [7, 11) is 2.14. The van der Waals surface area contributed by atoms with E-state index >= 15 is 0 Å².